The molecule has 6 nitrogen and oxygen atoms in total. The van der Waals surface area contributed by atoms with Gasteiger partial charge in [0.1, 0.15) is 17.1 Å². The summed E-state index contributed by atoms with van der Waals surface area (Å²) in [7, 11) is -2.06. The third-order valence-electron chi connectivity index (χ3n) is 5.80. The van der Waals surface area contributed by atoms with E-state index in [0.29, 0.717) is 31.0 Å². The van der Waals surface area contributed by atoms with E-state index in [9.17, 15) is 13.5 Å². The van der Waals surface area contributed by atoms with Gasteiger partial charge in [0.2, 0.25) is 10.0 Å². The average molecular weight is 377 g/mol. The Bertz CT molecular complexity index is 862. The number of rotatable bonds is 4. The summed E-state index contributed by atoms with van der Waals surface area (Å²) < 4.78 is 38.2. The van der Waals surface area contributed by atoms with Crippen LogP contribution in [0.3, 0.4) is 0 Å². The van der Waals surface area contributed by atoms with Crippen LogP contribution in [0.15, 0.2) is 52.0 Å². The van der Waals surface area contributed by atoms with Gasteiger partial charge in [-0.15, -0.1) is 0 Å². The van der Waals surface area contributed by atoms with Crippen molar-refractivity contribution in [3.8, 4) is 5.75 Å². The molecule has 1 aliphatic carbocycles. The lowest BCUT2D eigenvalue weighted by molar-refractivity contribution is -0.0795. The lowest BCUT2D eigenvalue weighted by Crippen LogP contribution is -2.42. The zero-order chi connectivity index (χ0) is 18.4. The molecule has 1 aromatic heterocycles. The Morgan fingerprint density at radius 3 is 2.65 bits per heavy atom. The van der Waals surface area contributed by atoms with Gasteiger partial charge in [-0.05, 0) is 61.6 Å². The van der Waals surface area contributed by atoms with Gasteiger partial charge >= 0.3 is 0 Å². The maximum Gasteiger partial charge on any atom is 0.243 e. The maximum absolute atomic E-state index is 13.1. The minimum atomic E-state index is -3.60. The van der Waals surface area contributed by atoms with Gasteiger partial charge in [-0.1, -0.05) is 0 Å². The van der Waals surface area contributed by atoms with Crippen molar-refractivity contribution < 1.29 is 22.7 Å². The molecule has 4 rings (SSSR count). The van der Waals surface area contributed by atoms with E-state index in [2.05, 4.69) is 0 Å². The fraction of sp³-hybridized carbons (Fsp3) is 0.474. The Balaban J connectivity index is 1.62. The third-order valence-corrected chi connectivity index (χ3v) is 7.64. The number of furan rings is 1. The fourth-order valence-corrected chi connectivity index (χ4v) is 5.93. The van der Waals surface area contributed by atoms with Crippen molar-refractivity contribution in [2.75, 3.05) is 20.2 Å². The van der Waals surface area contributed by atoms with E-state index in [4.69, 9.17) is 9.15 Å². The molecule has 3 atom stereocenters. The summed E-state index contributed by atoms with van der Waals surface area (Å²) in [5, 5.41) is 11.3. The summed E-state index contributed by atoms with van der Waals surface area (Å²) in [5.74, 6) is 1.13. The molecule has 26 heavy (non-hydrogen) atoms. The second-order valence-corrected chi connectivity index (χ2v) is 9.10. The number of nitrogens with zero attached hydrogens (tertiary/aromatic N) is 1. The molecular weight excluding hydrogens is 354 g/mol. The molecular formula is C19H23NO5S. The molecule has 1 saturated carbocycles. The number of hydrogen-bond acceptors (Lipinski definition) is 5. The maximum atomic E-state index is 13.1. The first-order valence-electron chi connectivity index (χ1n) is 8.86. The number of benzene rings is 1. The highest BCUT2D eigenvalue weighted by molar-refractivity contribution is 7.89. The first kappa shape index (κ1) is 17.6. The summed E-state index contributed by atoms with van der Waals surface area (Å²) in [6.45, 7) is 0.734. The van der Waals surface area contributed by atoms with Gasteiger partial charge in [-0.2, -0.15) is 4.31 Å². The molecule has 0 amide bonds. The zero-order valence-electron chi connectivity index (χ0n) is 14.7. The Labute approximate surface area is 153 Å². The molecule has 1 aliphatic heterocycles. The van der Waals surface area contributed by atoms with E-state index in [-0.39, 0.29) is 16.7 Å². The van der Waals surface area contributed by atoms with Gasteiger partial charge in [0, 0.05) is 19.0 Å². The summed E-state index contributed by atoms with van der Waals surface area (Å²) in [4.78, 5) is 0.249. The van der Waals surface area contributed by atoms with E-state index < -0.39 is 15.6 Å². The van der Waals surface area contributed by atoms with Crippen LogP contribution in [-0.4, -0.2) is 38.0 Å². The Morgan fingerprint density at radius 1 is 1.23 bits per heavy atom. The predicted octanol–water partition coefficient (Wildman–Crippen LogP) is 2.60. The van der Waals surface area contributed by atoms with Crippen LogP contribution in [0.2, 0.25) is 0 Å². The lowest BCUT2D eigenvalue weighted by atomic mass is 9.69. The largest absolute Gasteiger partial charge is 0.497 e. The highest BCUT2D eigenvalue weighted by atomic mass is 32.2. The molecule has 2 heterocycles. The minimum absolute atomic E-state index is 0.131. The second-order valence-electron chi connectivity index (χ2n) is 7.16. The number of ether oxygens (including phenoxy) is 1. The van der Waals surface area contributed by atoms with Crippen molar-refractivity contribution in [3.63, 3.8) is 0 Å². The standard InChI is InChI=1S/C19H23NO5S/c1-24-15-6-8-16(9-7-15)26(22,23)20-12-14-4-2-10-19(21,17(14)13-20)18-5-3-11-25-18/h3,5-9,11,14,17,21H,2,4,10,12-13H2,1H3/t14-,17-,19+/m0/s1. The molecule has 1 N–H and O–H groups in total. The van der Waals surface area contributed by atoms with Crippen LogP contribution in [0, 0.1) is 11.8 Å². The van der Waals surface area contributed by atoms with Crippen molar-refractivity contribution in [2.45, 2.75) is 29.8 Å². The van der Waals surface area contributed by atoms with Gasteiger partial charge < -0.3 is 14.3 Å². The fourth-order valence-electron chi connectivity index (χ4n) is 4.41. The molecule has 0 unspecified atom stereocenters. The van der Waals surface area contributed by atoms with Crippen molar-refractivity contribution in [1.29, 1.82) is 0 Å². The summed E-state index contributed by atoms with van der Waals surface area (Å²) in [6.07, 6.45) is 3.92. The number of hydrogen-bond donors (Lipinski definition) is 1. The summed E-state index contributed by atoms with van der Waals surface area (Å²) in [5.41, 5.74) is -1.10. The van der Waals surface area contributed by atoms with E-state index in [1.165, 1.54) is 4.31 Å². The normalized spacial score (nSPS) is 29.5. The number of sulfonamides is 1. The van der Waals surface area contributed by atoms with Crippen molar-refractivity contribution in [3.05, 3.63) is 48.4 Å². The van der Waals surface area contributed by atoms with Crippen LogP contribution >= 0.6 is 0 Å². The minimum Gasteiger partial charge on any atom is -0.497 e. The smallest absolute Gasteiger partial charge is 0.243 e. The first-order chi connectivity index (χ1) is 12.4. The van der Waals surface area contributed by atoms with Crippen LogP contribution in [0.5, 0.6) is 5.75 Å². The molecule has 140 valence electrons. The van der Waals surface area contributed by atoms with E-state index >= 15 is 0 Å². The third kappa shape index (κ3) is 2.74. The van der Waals surface area contributed by atoms with E-state index in [1.807, 2.05) is 0 Å². The molecule has 1 saturated heterocycles. The van der Waals surface area contributed by atoms with Crippen molar-refractivity contribution in [2.24, 2.45) is 11.8 Å². The summed E-state index contributed by atoms with van der Waals surface area (Å²) in [6, 6.07) is 9.97. The quantitative estimate of drug-likeness (QED) is 0.886. The lowest BCUT2D eigenvalue weighted by Gasteiger charge is -2.39. The first-order valence-corrected chi connectivity index (χ1v) is 10.3. The highest BCUT2D eigenvalue weighted by Crippen LogP contribution is 2.49. The molecule has 2 aliphatic rings. The van der Waals surface area contributed by atoms with E-state index in [1.54, 1.807) is 49.8 Å². The molecule has 1 aromatic carbocycles. The van der Waals surface area contributed by atoms with Crippen LogP contribution < -0.4 is 4.74 Å². The molecule has 0 spiro atoms. The van der Waals surface area contributed by atoms with Gasteiger partial charge in [-0.3, -0.25) is 0 Å². The van der Waals surface area contributed by atoms with Gasteiger partial charge in [-0.25, -0.2) is 8.42 Å². The molecule has 0 bridgehead atoms. The SMILES string of the molecule is COc1ccc(S(=O)(=O)N2C[C@@H]3CCC[C@](O)(c4ccco4)[C@H]3C2)cc1. The molecule has 2 fully saturated rings. The van der Waals surface area contributed by atoms with Gasteiger partial charge in [0.15, 0.2) is 0 Å². The number of methoxy groups -OCH3 is 1. The Kier molecular flexibility index (Phi) is 4.33. The molecule has 0 radical (unpaired) electrons. The number of fused-ring (bicyclic) bond motifs is 1. The second kappa shape index (κ2) is 6.40. The molecule has 7 heteroatoms. The summed E-state index contributed by atoms with van der Waals surface area (Å²) >= 11 is 0. The topological polar surface area (TPSA) is 80.0 Å². The van der Waals surface area contributed by atoms with Crippen molar-refractivity contribution in [1.82, 2.24) is 4.31 Å². The van der Waals surface area contributed by atoms with Crippen LogP contribution in [0.25, 0.3) is 0 Å². The number of aliphatic hydroxyl groups is 1. The Hall–Kier alpha value is -1.83. The van der Waals surface area contributed by atoms with Gasteiger partial charge in [0.25, 0.3) is 0 Å². The van der Waals surface area contributed by atoms with Gasteiger partial charge in [0.05, 0.1) is 18.3 Å². The van der Waals surface area contributed by atoms with Crippen LogP contribution in [0.4, 0.5) is 0 Å². The Morgan fingerprint density at radius 2 is 2.00 bits per heavy atom. The van der Waals surface area contributed by atoms with Crippen LogP contribution in [0.1, 0.15) is 25.0 Å². The van der Waals surface area contributed by atoms with E-state index in [0.717, 1.165) is 12.8 Å². The predicted molar refractivity (Wildman–Crippen MR) is 95.2 cm³/mol. The monoisotopic (exact) mass is 377 g/mol. The highest BCUT2D eigenvalue weighted by Gasteiger charge is 2.53. The van der Waals surface area contributed by atoms with Crippen LogP contribution in [-0.2, 0) is 15.6 Å². The van der Waals surface area contributed by atoms with Crippen molar-refractivity contribution >= 4 is 10.0 Å². The average Bonchev–Trinajstić information content (AvgIpc) is 3.33. The molecule has 2 aromatic rings. The zero-order valence-corrected chi connectivity index (χ0v) is 15.5.